The molecular formula is C4H2N6O3. The van der Waals surface area contributed by atoms with Crippen molar-refractivity contribution in [3.8, 4) is 5.82 Å². The van der Waals surface area contributed by atoms with Gasteiger partial charge in [-0.15, -0.1) is 0 Å². The van der Waals surface area contributed by atoms with Crippen LogP contribution in [0.2, 0.25) is 0 Å². The van der Waals surface area contributed by atoms with Crippen molar-refractivity contribution in [2.45, 2.75) is 0 Å². The van der Waals surface area contributed by atoms with E-state index in [4.69, 9.17) is 0 Å². The first kappa shape index (κ1) is 7.34. The second-order valence-electron chi connectivity index (χ2n) is 2.04. The topological polar surface area (TPSA) is 113 Å². The molecule has 2 heterocycles. The molecule has 0 fully saturated rings. The maximum atomic E-state index is 10.2. The molecule has 9 heteroatoms. The van der Waals surface area contributed by atoms with Crippen LogP contribution in [0.3, 0.4) is 0 Å². The smallest absolute Gasteiger partial charge is 0.358 e. The Morgan fingerprint density at radius 1 is 1.62 bits per heavy atom. The van der Waals surface area contributed by atoms with E-state index in [-0.39, 0.29) is 11.6 Å². The highest BCUT2D eigenvalue weighted by Gasteiger charge is 2.14. The minimum atomic E-state index is -0.656. The molecule has 0 aliphatic carbocycles. The van der Waals surface area contributed by atoms with Gasteiger partial charge in [-0.25, -0.2) is 4.63 Å². The zero-order chi connectivity index (χ0) is 9.26. The molecule has 0 amide bonds. The van der Waals surface area contributed by atoms with Crippen molar-refractivity contribution in [1.29, 1.82) is 0 Å². The Kier molecular flexibility index (Phi) is 1.48. The van der Waals surface area contributed by atoms with E-state index in [1.54, 1.807) is 0 Å². The molecule has 9 nitrogen and oxygen atoms in total. The van der Waals surface area contributed by atoms with Crippen LogP contribution in [0.5, 0.6) is 0 Å². The third-order valence-corrected chi connectivity index (χ3v) is 1.25. The van der Waals surface area contributed by atoms with Gasteiger partial charge in [0.15, 0.2) is 0 Å². The van der Waals surface area contributed by atoms with E-state index in [0.29, 0.717) is 0 Å². The summed E-state index contributed by atoms with van der Waals surface area (Å²) in [6.07, 6.45) is 2.37. The Labute approximate surface area is 70.1 Å². The van der Waals surface area contributed by atoms with Crippen LogP contribution < -0.4 is 0 Å². The SMILES string of the molecule is O=[N+]([O-])c1cn(-c2cnon2)nn1. The average Bonchev–Trinajstić information content (AvgIpc) is 2.75. The van der Waals surface area contributed by atoms with E-state index in [9.17, 15) is 10.1 Å². The van der Waals surface area contributed by atoms with Crippen molar-refractivity contribution in [2.75, 3.05) is 0 Å². The molecule has 0 N–H and O–H groups in total. The fourth-order valence-electron chi connectivity index (χ4n) is 0.711. The lowest BCUT2D eigenvalue weighted by Crippen LogP contribution is -1.94. The number of hydrogen-bond acceptors (Lipinski definition) is 7. The molecule has 13 heavy (non-hydrogen) atoms. The van der Waals surface area contributed by atoms with Gasteiger partial charge < -0.3 is 10.1 Å². The van der Waals surface area contributed by atoms with E-state index >= 15 is 0 Å². The first-order chi connectivity index (χ1) is 6.27. The zero-order valence-corrected chi connectivity index (χ0v) is 6.06. The third-order valence-electron chi connectivity index (χ3n) is 1.25. The van der Waals surface area contributed by atoms with Gasteiger partial charge in [-0.1, -0.05) is 5.16 Å². The number of nitro groups is 1. The van der Waals surface area contributed by atoms with E-state index in [1.807, 2.05) is 0 Å². The third kappa shape index (κ3) is 1.21. The van der Waals surface area contributed by atoms with Crippen molar-refractivity contribution in [1.82, 2.24) is 25.3 Å². The van der Waals surface area contributed by atoms with Gasteiger partial charge >= 0.3 is 5.82 Å². The molecule has 2 rings (SSSR count). The lowest BCUT2D eigenvalue weighted by atomic mass is 10.7. The summed E-state index contributed by atoms with van der Waals surface area (Å²) in [6.45, 7) is 0. The lowest BCUT2D eigenvalue weighted by Gasteiger charge is -1.84. The second kappa shape index (κ2) is 2.62. The molecule has 0 atom stereocenters. The van der Waals surface area contributed by atoms with E-state index in [2.05, 4.69) is 25.3 Å². The van der Waals surface area contributed by atoms with Gasteiger partial charge in [0.25, 0.3) is 0 Å². The fourth-order valence-corrected chi connectivity index (χ4v) is 0.711. The monoisotopic (exact) mass is 182 g/mol. The Morgan fingerprint density at radius 2 is 2.46 bits per heavy atom. The fraction of sp³-hybridized carbons (Fsp3) is 0. The van der Waals surface area contributed by atoms with Gasteiger partial charge in [0, 0.05) is 0 Å². The van der Waals surface area contributed by atoms with Crippen molar-refractivity contribution < 1.29 is 9.55 Å². The van der Waals surface area contributed by atoms with Crippen LogP contribution in [0.25, 0.3) is 5.82 Å². The molecule has 0 radical (unpaired) electrons. The highest BCUT2D eigenvalue weighted by molar-refractivity contribution is 5.18. The maximum absolute atomic E-state index is 10.2. The van der Waals surface area contributed by atoms with Gasteiger partial charge in [-0.05, 0) is 10.1 Å². The Balaban J connectivity index is 2.39. The Bertz CT molecular complexity index is 419. The Hall–Kier alpha value is -2.32. The van der Waals surface area contributed by atoms with E-state index < -0.39 is 4.92 Å². The van der Waals surface area contributed by atoms with Crippen LogP contribution in [-0.4, -0.2) is 30.2 Å². The first-order valence-electron chi connectivity index (χ1n) is 3.12. The molecule has 0 aliphatic rings. The predicted octanol–water partition coefficient (Wildman–Crippen LogP) is -0.442. The predicted molar refractivity (Wildman–Crippen MR) is 35.9 cm³/mol. The highest BCUT2D eigenvalue weighted by Crippen LogP contribution is 2.06. The average molecular weight is 182 g/mol. The molecule has 0 aromatic carbocycles. The number of hydrogen-bond donors (Lipinski definition) is 0. The first-order valence-corrected chi connectivity index (χ1v) is 3.12. The zero-order valence-electron chi connectivity index (χ0n) is 6.06. The molecule has 2 aromatic rings. The van der Waals surface area contributed by atoms with E-state index in [0.717, 1.165) is 10.9 Å². The van der Waals surface area contributed by atoms with Gasteiger partial charge in [0.2, 0.25) is 5.82 Å². The molecule has 0 bridgehead atoms. The molecule has 66 valence electrons. The molecule has 0 unspecified atom stereocenters. The molecule has 0 saturated carbocycles. The minimum Gasteiger partial charge on any atom is -0.358 e. The summed E-state index contributed by atoms with van der Waals surface area (Å²) in [4.78, 5) is 9.56. The van der Waals surface area contributed by atoms with Gasteiger partial charge in [0.1, 0.15) is 17.5 Å². The highest BCUT2D eigenvalue weighted by atomic mass is 16.6. The van der Waals surface area contributed by atoms with Crippen LogP contribution in [0, 0.1) is 10.1 Å². The van der Waals surface area contributed by atoms with Crippen LogP contribution >= 0.6 is 0 Å². The van der Waals surface area contributed by atoms with E-state index in [1.165, 1.54) is 6.20 Å². The van der Waals surface area contributed by atoms with Crippen molar-refractivity contribution in [3.05, 3.63) is 22.5 Å². The minimum absolute atomic E-state index is 0.237. The maximum Gasteiger partial charge on any atom is 0.411 e. The summed E-state index contributed by atoms with van der Waals surface area (Å²) in [7, 11) is 0. The van der Waals surface area contributed by atoms with Gasteiger partial charge in [0.05, 0.1) is 5.21 Å². The summed E-state index contributed by atoms with van der Waals surface area (Å²) in [5.74, 6) is -0.122. The van der Waals surface area contributed by atoms with Crippen LogP contribution in [-0.2, 0) is 0 Å². The Morgan fingerprint density at radius 3 is 3.00 bits per heavy atom. The number of aromatic nitrogens is 5. The van der Waals surface area contributed by atoms with Crippen molar-refractivity contribution in [2.24, 2.45) is 0 Å². The summed E-state index contributed by atoms with van der Waals surface area (Å²) >= 11 is 0. The number of rotatable bonds is 2. The molecule has 2 aromatic heterocycles. The van der Waals surface area contributed by atoms with Crippen molar-refractivity contribution in [3.63, 3.8) is 0 Å². The van der Waals surface area contributed by atoms with Crippen molar-refractivity contribution >= 4 is 5.82 Å². The van der Waals surface area contributed by atoms with Gasteiger partial charge in [-0.2, -0.15) is 4.68 Å². The van der Waals surface area contributed by atoms with Gasteiger partial charge in [-0.3, -0.25) is 0 Å². The summed E-state index contributed by atoms with van der Waals surface area (Å²) in [6, 6.07) is 0. The van der Waals surface area contributed by atoms with Crippen LogP contribution in [0.1, 0.15) is 0 Å². The quantitative estimate of drug-likeness (QED) is 0.456. The largest absolute Gasteiger partial charge is 0.411 e. The van der Waals surface area contributed by atoms with Crippen LogP contribution in [0.4, 0.5) is 5.82 Å². The summed E-state index contributed by atoms with van der Waals surface area (Å²) < 4.78 is 5.37. The standard InChI is InChI=1S/C4H2N6O3/c11-10(12)4-2-9(8-6-4)3-1-5-13-7-3/h1-2H. The number of nitrogens with zero attached hydrogens (tertiary/aromatic N) is 6. The molecule has 0 spiro atoms. The second-order valence-corrected chi connectivity index (χ2v) is 2.04. The lowest BCUT2D eigenvalue weighted by molar-refractivity contribution is -0.389. The molecular weight excluding hydrogens is 180 g/mol. The molecule has 0 saturated heterocycles. The molecule has 0 aliphatic heterocycles. The summed E-state index contributed by atoms with van der Waals surface area (Å²) in [5.41, 5.74) is 0. The summed E-state index contributed by atoms with van der Waals surface area (Å²) in [5, 5.41) is 23.7. The normalized spacial score (nSPS) is 10.2. The van der Waals surface area contributed by atoms with Crippen LogP contribution in [0.15, 0.2) is 17.0 Å².